The number of aryl methyl sites for hydroxylation is 1. The first-order valence-electron chi connectivity index (χ1n) is 8.25. The van der Waals surface area contributed by atoms with Crippen LogP contribution in [0.2, 0.25) is 5.02 Å². The molecule has 2 N–H and O–H groups in total. The number of anilines is 1. The van der Waals surface area contributed by atoms with Gasteiger partial charge in [0.1, 0.15) is 18.2 Å². The number of nitrogens with zero attached hydrogens (tertiary/aromatic N) is 2. The van der Waals surface area contributed by atoms with Crippen molar-refractivity contribution in [2.24, 2.45) is 0 Å². The number of amides is 3. The van der Waals surface area contributed by atoms with Gasteiger partial charge >= 0.3 is 12.1 Å². The molecule has 1 aromatic carbocycles. The predicted molar refractivity (Wildman–Crippen MR) is 108 cm³/mol. The molecule has 1 heterocycles. The number of pyridine rings is 1. The molecule has 0 aliphatic carbocycles. The third kappa shape index (κ3) is 6.35. The van der Waals surface area contributed by atoms with Crippen molar-refractivity contribution in [3.63, 3.8) is 0 Å². The monoisotopic (exact) mass is 472 g/mol. The number of carbonyl (C=O) groups excluding carboxylic acids is 2. The zero-order chi connectivity index (χ0) is 20.7. The van der Waals surface area contributed by atoms with E-state index >= 15 is 0 Å². The van der Waals surface area contributed by atoms with Gasteiger partial charge < -0.3 is 15.0 Å². The fourth-order valence-corrected chi connectivity index (χ4v) is 2.53. The molecule has 0 bridgehead atoms. The first-order valence-corrected chi connectivity index (χ1v) is 9.42. The van der Waals surface area contributed by atoms with Crippen LogP contribution in [-0.4, -0.2) is 42.2 Å². The van der Waals surface area contributed by atoms with Crippen LogP contribution in [-0.2, 0) is 11.3 Å². The average Bonchev–Trinajstić information content (AvgIpc) is 2.65. The van der Waals surface area contributed by atoms with Gasteiger partial charge in [-0.25, -0.2) is 19.0 Å². The van der Waals surface area contributed by atoms with Gasteiger partial charge in [0.25, 0.3) is 0 Å². The van der Waals surface area contributed by atoms with Gasteiger partial charge in [-0.2, -0.15) is 0 Å². The zero-order valence-corrected chi connectivity index (χ0v) is 17.6. The number of likely N-dealkylation sites (N-methyl/N-ethyl adjacent to an activating group) is 1. The van der Waals surface area contributed by atoms with E-state index in [2.05, 4.69) is 31.5 Å². The van der Waals surface area contributed by atoms with Gasteiger partial charge in [0.15, 0.2) is 0 Å². The van der Waals surface area contributed by atoms with Crippen molar-refractivity contribution in [3.8, 4) is 0 Å². The molecule has 0 saturated carbocycles. The standard InChI is InChI=1S/C18H19BrClFN4O3/c1-11-8-15(22-10-13(11)19)24-18(27)28-7-6-25(2)17(26)23-9-12-4-3-5-14(21)16(12)20/h3-5,8,10H,6-7,9H2,1-2H3,(H,23,26)(H,22,24,27). The summed E-state index contributed by atoms with van der Waals surface area (Å²) in [6.07, 6.45) is 0.906. The third-order valence-corrected chi connectivity index (χ3v) is 5.00. The van der Waals surface area contributed by atoms with Crippen LogP contribution in [0, 0.1) is 12.7 Å². The van der Waals surface area contributed by atoms with Crippen LogP contribution in [0.3, 0.4) is 0 Å². The maximum atomic E-state index is 13.4. The molecule has 0 aliphatic rings. The Labute approximate surface area is 175 Å². The van der Waals surface area contributed by atoms with Gasteiger partial charge in [0.05, 0.1) is 11.6 Å². The van der Waals surface area contributed by atoms with Gasteiger partial charge in [-0.1, -0.05) is 23.7 Å². The molecule has 0 unspecified atom stereocenters. The Kier molecular flexibility index (Phi) is 8.01. The molecular weight excluding hydrogens is 455 g/mol. The highest BCUT2D eigenvalue weighted by Gasteiger charge is 2.12. The van der Waals surface area contributed by atoms with Gasteiger partial charge in [-0.3, -0.25) is 5.32 Å². The lowest BCUT2D eigenvalue weighted by atomic mass is 10.2. The number of carbonyl (C=O) groups is 2. The zero-order valence-electron chi connectivity index (χ0n) is 15.3. The van der Waals surface area contributed by atoms with Gasteiger partial charge in [0.2, 0.25) is 0 Å². The Morgan fingerprint density at radius 1 is 1.39 bits per heavy atom. The number of urea groups is 1. The topological polar surface area (TPSA) is 83.6 Å². The van der Waals surface area contributed by atoms with Gasteiger partial charge in [-0.05, 0) is 46.1 Å². The predicted octanol–water partition coefficient (Wildman–Crippen LogP) is 4.34. The van der Waals surface area contributed by atoms with Crippen LogP contribution in [0.5, 0.6) is 0 Å². The lowest BCUT2D eigenvalue weighted by Gasteiger charge is -2.18. The molecule has 0 atom stereocenters. The maximum Gasteiger partial charge on any atom is 0.412 e. The number of aromatic nitrogens is 1. The summed E-state index contributed by atoms with van der Waals surface area (Å²) in [6.45, 7) is 2.11. The van der Waals surface area contributed by atoms with E-state index in [0.29, 0.717) is 11.4 Å². The molecular formula is C18H19BrClFN4O3. The molecule has 0 spiro atoms. The minimum atomic E-state index is -0.672. The van der Waals surface area contributed by atoms with Crippen LogP contribution in [0.25, 0.3) is 0 Å². The summed E-state index contributed by atoms with van der Waals surface area (Å²) in [7, 11) is 1.55. The second-order valence-electron chi connectivity index (χ2n) is 5.87. The summed E-state index contributed by atoms with van der Waals surface area (Å²) in [6, 6.07) is 5.67. The molecule has 2 aromatic rings. The molecule has 7 nitrogen and oxygen atoms in total. The number of hydrogen-bond donors (Lipinski definition) is 2. The SMILES string of the molecule is Cc1cc(NC(=O)OCCN(C)C(=O)NCc2cccc(F)c2Cl)ncc1Br. The van der Waals surface area contributed by atoms with Crippen LogP contribution in [0.1, 0.15) is 11.1 Å². The minimum absolute atomic E-state index is 0.00795. The third-order valence-electron chi connectivity index (χ3n) is 3.75. The lowest BCUT2D eigenvalue weighted by molar-refractivity contribution is 0.146. The summed E-state index contributed by atoms with van der Waals surface area (Å²) in [5.74, 6) is -0.180. The molecule has 1 aromatic heterocycles. The number of benzene rings is 1. The van der Waals surface area contributed by atoms with Crippen molar-refractivity contribution in [1.82, 2.24) is 15.2 Å². The Balaban J connectivity index is 1.72. The second kappa shape index (κ2) is 10.2. The van der Waals surface area contributed by atoms with E-state index in [1.165, 1.54) is 17.0 Å². The molecule has 0 aliphatic heterocycles. The first-order chi connectivity index (χ1) is 13.3. The van der Waals surface area contributed by atoms with Crippen molar-refractivity contribution in [2.45, 2.75) is 13.5 Å². The fourth-order valence-electron chi connectivity index (χ4n) is 2.12. The van der Waals surface area contributed by atoms with Crippen LogP contribution in [0.4, 0.5) is 19.8 Å². The highest BCUT2D eigenvalue weighted by molar-refractivity contribution is 9.10. The Bertz CT molecular complexity index is 869. The molecule has 2 rings (SSSR count). The molecule has 0 saturated heterocycles. The number of hydrogen-bond acceptors (Lipinski definition) is 4. The van der Waals surface area contributed by atoms with Crippen molar-refractivity contribution in [3.05, 3.63) is 56.9 Å². The highest BCUT2D eigenvalue weighted by atomic mass is 79.9. The average molecular weight is 474 g/mol. The van der Waals surface area contributed by atoms with E-state index in [4.69, 9.17) is 16.3 Å². The summed E-state index contributed by atoms with van der Waals surface area (Å²) in [5.41, 5.74) is 1.39. The van der Waals surface area contributed by atoms with Gasteiger partial charge in [-0.15, -0.1) is 0 Å². The lowest BCUT2D eigenvalue weighted by Crippen LogP contribution is -2.39. The summed E-state index contributed by atoms with van der Waals surface area (Å²) in [4.78, 5) is 29.2. The van der Waals surface area contributed by atoms with E-state index < -0.39 is 17.9 Å². The summed E-state index contributed by atoms with van der Waals surface area (Å²) in [5, 5.41) is 5.10. The molecule has 28 heavy (non-hydrogen) atoms. The maximum absolute atomic E-state index is 13.4. The highest BCUT2D eigenvalue weighted by Crippen LogP contribution is 2.19. The Morgan fingerprint density at radius 3 is 2.86 bits per heavy atom. The number of rotatable bonds is 6. The van der Waals surface area contributed by atoms with Crippen LogP contribution >= 0.6 is 27.5 Å². The number of ether oxygens (including phenoxy) is 1. The van der Waals surface area contributed by atoms with Crippen LogP contribution in [0.15, 0.2) is 34.9 Å². The van der Waals surface area contributed by atoms with Gasteiger partial charge in [0, 0.05) is 24.3 Å². The summed E-state index contributed by atoms with van der Waals surface area (Å²) >= 11 is 9.17. The quantitative estimate of drug-likeness (QED) is 0.654. The number of halogens is 3. The Hall–Kier alpha value is -2.39. The van der Waals surface area contributed by atoms with E-state index in [1.807, 2.05) is 6.92 Å². The van der Waals surface area contributed by atoms with E-state index in [1.54, 1.807) is 25.4 Å². The Morgan fingerprint density at radius 2 is 2.14 bits per heavy atom. The minimum Gasteiger partial charge on any atom is -0.447 e. The smallest absolute Gasteiger partial charge is 0.412 e. The molecule has 0 radical (unpaired) electrons. The second-order valence-corrected chi connectivity index (χ2v) is 7.11. The van der Waals surface area contributed by atoms with E-state index in [9.17, 15) is 14.0 Å². The molecule has 10 heteroatoms. The fraction of sp³-hybridized carbons (Fsp3) is 0.278. The van der Waals surface area contributed by atoms with Crippen molar-refractivity contribution >= 4 is 45.5 Å². The molecule has 150 valence electrons. The van der Waals surface area contributed by atoms with E-state index in [0.717, 1.165) is 10.0 Å². The normalized spacial score (nSPS) is 10.3. The molecule has 0 fully saturated rings. The largest absolute Gasteiger partial charge is 0.447 e. The van der Waals surface area contributed by atoms with Crippen molar-refractivity contribution < 1.29 is 18.7 Å². The van der Waals surface area contributed by atoms with Crippen molar-refractivity contribution in [1.29, 1.82) is 0 Å². The van der Waals surface area contributed by atoms with E-state index in [-0.39, 0.29) is 24.7 Å². The first kappa shape index (κ1) is 21.9. The molecule has 3 amide bonds. The summed E-state index contributed by atoms with van der Waals surface area (Å²) < 4.78 is 19.3. The van der Waals surface area contributed by atoms with Crippen molar-refractivity contribution in [2.75, 3.05) is 25.5 Å². The van der Waals surface area contributed by atoms with Crippen LogP contribution < -0.4 is 10.6 Å². The number of nitrogens with one attached hydrogen (secondary N) is 2.